The molecule has 0 aliphatic carbocycles. The molecule has 1 amide bonds. The molecular formula is C22H22N8O. The van der Waals surface area contributed by atoms with Gasteiger partial charge in [-0.3, -0.25) is 4.79 Å². The molecule has 9 heteroatoms. The van der Waals surface area contributed by atoms with Gasteiger partial charge < -0.3 is 15.5 Å². The molecule has 2 N–H and O–H groups in total. The van der Waals surface area contributed by atoms with Crippen LogP contribution in [0.3, 0.4) is 0 Å². The summed E-state index contributed by atoms with van der Waals surface area (Å²) in [5.74, 6) is 2.10. The van der Waals surface area contributed by atoms with Gasteiger partial charge in [-0.25, -0.2) is 9.97 Å². The number of carbonyl (C=O) groups is 1. The SMILES string of the molecule is Cc1cc(NCCNc2ccc(C(=O)N3CCc4ccccc43)cn2)n2ncnc2n1. The number of benzene rings is 1. The topological polar surface area (TPSA) is 100 Å². The molecule has 0 saturated heterocycles. The number of para-hydroxylation sites is 1. The lowest BCUT2D eigenvalue weighted by Crippen LogP contribution is -2.29. The highest BCUT2D eigenvalue weighted by molar-refractivity contribution is 6.07. The van der Waals surface area contributed by atoms with Gasteiger partial charge in [0.2, 0.25) is 0 Å². The number of hydrogen-bond acceptors (Lipinski definition) is 7. The maximum Gasteiger partial charge on any atom is 0.259 e. The Hall–Kier alpha value is -4.01. The number of amides is 1. The van der Waals surface area contributed by atoms with Gasteiger partial charge >= 0.3 is 0 Å². The first-order valence-electron chi connectivity index (χ1n) is 10.2. The van der Waals surface area contributed by atoms with E-state index < -0.39 is 0 Å². The minimum Gasteiger partial charge on any atom is -0.368 e. The van der Waals surface area contributed by atoms with Crippen molar-refractivity contribution in [3.8, 4) is 0 Å². The maximum atomic E-state index is 12.9. The Labute approximate surface area is 179 Å². The van der Waals surface area contributed by atoms with Gasteiger partial charge in [-0.2, -0.15) is 14.6 Å². The highest BCUT2D eigenvalue weighted by Crippen LogP contribution is 2.28. The van der Waals surface area contributed by atoms with E-state index in [-0.39, 0.29) is 5.91 Å². The summed E-state index contributed by atoms with van der Waals surface area (Å²) >= 11 is 0. The van der Waals surface area contributed by atoms with Crippen molar-refractivity contribution < 1.29 is 4.79 Å². The minimum absolute atomic E-state index is 0.0180. The van der Waals surface area contributed by atoms with Crippen LogP contribution in [0.2, 0.25) is 0 Å². The summed E-state index contributed by atoms with van der Waals surface area (Å²) < 4.78 is 1.67. The van der Waals surface area contributed by atoms with E-state index in [1.807, 2.05) is 48.2 Å². The fraction of sp³-hybridized carbons (Fsp3) is 0.227. The number of nitrogens with one attached hydrogen (secondary N) is 2. The van der Waals surface area contributed by atoms with E-state index in [1.165, 1.54) is 11.9 Å². The quantitative estimate of drug-likeness (QED) is 0.468. The summed E-state index contributed by atoms with van der Waals surface area (Å²) in [5, 5.41) is 10.8. The fourth-order valence-electron chi connectivity index (χ4n) is 3.77. The second kappa shape index (κ2) is 8.02. The normalized spacial score (nSPS) is 12.7. The van der Waals surface area contributed by atoms with Crippen LogP contribution < -0.4 is 15.5 Å². The lowest BCUT2D eigenvalue weighted by molar-refractivity contribution is 0.0989. The molecule has 4 heterocycles. The lowest BCUT2D eigenvalue weighted by Gasteiger charge is -2.17. The van der Waals surface area contributed by atoms with E-state index in [1.54, 1.807) is 10.7 Å². The first-order chi connectivity index (χ1) is 15.2. The number of aromatic nitrogens is 5. The predicted molar refractivity (Wildman–Crippen MR) is 119 cm³/mol. The highest BCUT2D eigenvalue weighted by Gasteiger charge is 2.25. The standard InChI is InChI=1S/C22H22N8O/c1-15-12-20(30-22(28-15)26-14-27-30)24-10-9-23-19-7-6-17(13-25-19)21(31)29-11-8-16-4-2-3-5-18(16)29/h2-7,12-14,24H,8-11H2,1H3,(H,23,25). The molecule has 1 aliphatic heterocycles. The highest BCUT2D eigenvalue weighted by atomic mass is 16.2. The van der Waals surface area contributed by atoms with Crippen LogP contribution in [0.15, 0.2) is 55.0 Å². The van der Waals surface area contributed by atoms with Gasteiger partial charge in [0.1, 0.15) is 18.0 Å². The zero-order valence-electron chi connectivity index (χ0n) is 17.1. The van der Waals surface area contributed by atoms with Crippen molar-refractivity contribution in [1.82, 2.24) is 24.6 Å². The van der Waals surface area contributed by atoms with Gasteiger partial charge in [-0.1, -0.05) is 18.2 Å². The van der Waals surface area contributed by atoms with Crippen LogP contribution >= 0.6 is 0 Å². The summed E-state index contributed by atoms with van der Waals surface area (Å²) in [6.45, 7) is 3.94. The number of pyridine rings is 1. The molecule has 0 fully saturated rings. The van der Waals surface area contributed by atoms with Crippen LogP contribution in [0.4, 0.5) is 17.3 Å². The average Bonchev–Trinajstić information content (AvgIpc) is 3.43. The van der Waals surface area contributed by atoms with Gasteiger partial charge in [0.15, 0.2) is 0 Å². The molecule has 0 radical (unpaired) electrons. The minimum atomic E-state index is -0.0180. The van der Waals surface area contributed by atoms with E-state index in [2.05, 4.69) is 36.8 Å². The van der Waals surface area contributed by atoms with E-state index >= 15 is 0 Å². The number of nitrogens with zero attached hydrogens (tertiary/aromatic N) is 6. The number of fused-ring (bicyclic) bond motifs is 2. The van der Waals surface area contributed by atoms with Crippen LogP contribution in [-0.2, 0) is 6.42 Å². The Balaban J connectivity index is 1.17. The monoisotopic (exact) mass is 414 g/mol. The first kappa shape index (κ1) is 19.0. The Morgan fingerprint density at radius 1 is 1.10 bits per heavy atom. The van der Waals surface area contributed by atoms with E-state index in [0.29, 0.717) is 31.0 Å². The summed E-state index contributed by atoms with van der Waals surface area (Å²) in [6, 6.07) is 13.6. The molecule has 4 aromatic rings. The molecule has 5 rings (SSSR count). The molecule has 1 aliphatic rings. The van der Waals surface area contributed by atoms with Crippen molar-refractivity contribution in [2.45, 2.75) is 13.3 Å². The van der Waals surface area contributed by atoms with E-state index in [9.17, 15) is 4.79 Å². The Morgan fingerprint density at radius 2 is 1.97 bits per heavy atom. The number of hydrogen-bond donors (Lipinski definition) is 2. The molecule has 0 unspecified atom stereocenters. The zero-order chi connectivity index (χ0) is 21.2. The average molecular weight is 414 g/mol. The van der Waals surface area contributed by atoms with Crippen molar-refractivity contribution in [3.05, 3.63) is 71.8 Å². The second-order valence-electron chi connectivity index (χ2n) is 7.38. The first-order valence-corrected chi connectivity index (χ1v) is 10.2. The van der Waals surface area contributed by atoms with Gasteiger partial charge in [0.05, 0.1) is 5.56 Å². The lowest BCUT2D eigenvalue weighted by atomic mass is 10.2. The molecule has 0 spiro atoms. The van der Waals surface area contributed by atoms with Crippen molar-refractivity contribution in [2.75, 3.05) is 35.2 Å². The number of carbonyl (C=O) groups excluding carboxylic acids is 1. The van der Waals surface area contributed by atoms with E-state index in [4.69, 9.17) is 0 Å². The Morgan fingerprint density at radius 3 is 2.84 bits per heavy atom. The van der Waals surface area contributed by atoms with Gasteiger partial charge in [-0.05, 0) is 37.1 Å². The van der Waals surface area contributed by atoms with Crippen LogP contribution in [0.5, 0.6) is 0 Å². The molecule has 156 valence electrons. The second-order valence-corrected chi connectivity index (χ2v) is 7.38. The van der Waals surface area contributed by atoms with Crippen molar-refractivity contribution in [3.63, 3.8) is 0 Å². The molecular weight excluding hydrogens is 392 g/mol. The van der Waals surface area contributed by atoms with Gasteiger partial charge in [-0.15, -0.1) is 0 Å². The van der Waals surface area contributed by atoms with Crippen molar-refractivity contribution in [2.24, 2.45) is 0 Å². The molecule has 0 atom stereocenters. The predicted octanol–water partition coefficient (Wildman–Crippen LogP) is 2.55. The third-order valence-corrected chi connectivity index (χ3v) is 5.26. The zero-order valence-corrected chi connectivity index (χ0v) is 17.1. The smallest absolute Gasteiger partial charge is 0.259 e. The van der Waals surface area contributed by atoms with E-state index in [0.717, 1.165) is 29.4 Å². The molecule has 0 bridgehead atoms. The van der Waals surface area contributed by atoms with Crippen LogP contribution in [-0.4, -0.2) is 50.1 Å². The molecule has 0 saturated carbocycles. The number of rotatable bonds is 6. The van der Waals surface area contributed by atoms with Crippen LogP contribution in [0, 0.1) is 6.92 Å². The van der Waals surface area contributed by atoms with Crippen LogP contribution in [0.25, 0.3) is 5.78 Å². The Bertz CT molecular complexity index is 1230. The molecule has 9 nitrogen and oxygen atoms in total. The molecule has 1 aromatic carbocycles. The summed E-state index contributed by atoms with van der Waals surface area (Å²) in [4.78, 5) is 27.6. The molecule has 31 heavy (non-hydrogen) atoms. The van der Waals surface area contributed by atoms with Crippen molar-refractivity contribution >= 4 is 29.0 Å². The third-order valence-electron chi connectivity index (χ3n) is 5.26. The summed E-state index contributed by atoms with van der Waals surface area (Å²) in [7, 11) is 0. The van der Waals surface area contributed by atoms with Crippen LogP contribution in [0.1, 0.15) is 21.6 Å². The fourth-order valence-corrected chi connectivity index (χ4v) is 3.77. The van der Waals surface area contributed by atoms with Gasteiger partial charge in [0, 0.05) is 43.3 Å². The number of anilines is 3. The largest absolute Gasteiger partial charge is 0.368 e. The Kier molecular flexibility index (Phi) is 4.91. The number of aryl methyl sites for hydroxylation is 1. The summed E-state index contributed by atoms with van der Waals surface area (Å²) in [6.07, 6.45) is 4.00. The maximum absolute atomic E-state index is 12.9. The third kappa shape index (κ3) is 3.77. The van der Waals surface area contributed by atoms with Crippen molar-refractivity contribution in [1.29, 1.82) is 0 Å². The van der Waals surface area contributed by atoms with Gasteiger partial charge in [0.25, 0.3) is 11.7 Å². The molecule has 3 aromatic heterocycles. The summed E-state index contributed by atoms with van der Waals surface area (Å²) in [5.41, 5.74) is 3.66.